The molecule has 8 nitrogen and oxygen atoms in total. The van der Waals surface area contributed by atoms with Crippen molar-refractivity contribution in [3.8, 4) is 22.6 Å². The number of imidazole rings is 1. The molecular formula is C24H20N4O4S2. The zero-order valence-corrected chi connectivity index (χ0v) is 20.0. The van der Waals surface area contributed by atoms with Gasteiger partial charge in [-0.1, -0.05) is 61.2 Å². The summed E-state index contributed by atoms with van der Waals surface area (Å²) < 4.78 is 7.15. The highest BCUT2D eigenvalue weighted by molar-refractivity contribution is 7.99. The molecule has 0 radical (unpaired) electrons. The molecule has 0 aliphatic heterocycles. The summed E-state index contributed by atoms with van der Waals surface area (Å²) in [6, 6.07) is 15.6. The second kappa shape index (κ2) is 8.96. The van der Waals surface area contributed by atoms with Crippen LogP contribution < -0.4 is 5.76 Å². The molecule has 0 spiro atoms. The molecule has 10 heteroatoms. The lowest BCUT2D eigenvalue weighted by Gasteiger charge is -2.11. The third-order valence-corrected chi connectivity index (χ3v) is 7.34. The van der Waals surface area contributed by atoms with E-state index in [0.29, 0.717) is 22.5 Å². The van der Waals surface area contributed by atoms with Crippen molar-refractivity contribution in [2.75, 3.05) is 5.75 Å². The molecule has 172 valence electrons. The number of fused-ring (bicyclic) bond motifs is 1. The van der Waals surface area contributed by atoms with Gasteiger partial charge in [0.05, 0.1) is 12.1 Å². The molecule has 0 amide bonds. The van der Waals surface area contributed by atoms with E-state index in [1.807, 2.05) is 60.0 Å². The van der Waals surface area contributed by atoms with Crippen LogP contribution in [0.15, 0.2) is 62.9 Å². The van der Waals surface area contributed by atoms with Crippen LogP contribution in [0.4, 0.5) is 0 Å². The fourth-order valence-electron chi connectivity index (χ4n) is 3.93. The normalized spacial score (nSPS) is 11.4. The average molecular weight is 493 g/mol. The van der Waals surface area contributed by atoms with Crippen molar-refractivity contribution in [1.29, 1.82) is 0 Å². The van der Waals surface area contributed by atoms with Crippen molar-refractivity contribution in [1.82, 2.24) is 19.7 Å². The number of carboxylic acid groups (broad SMARTS) is 1. The van der Waals surface area contributed by atoms with Gasteiger partial charge in [-0.2, -0.15) is 0 Å². The van der Waals surface area contributed by atoms with Crippen LogP contribution in [0.25, 0.3) is 33.6 Å². The summed E-state index contributed by atoms with van der Waals surface area (Å²) in [4.78, 5) is 29.3. The number of benzene rings is 2. The quantitative estimate of drug-likeness (QED) is 0.297. The number of thiophene rings is 1. The number of thioether (sulfide) groups is 1. The number of aryl methyl sites for hydroxylation is 1. The van der Waals surface area contributed by atoms with Gasteiger partial charge < -0.3 is 14.1 Å². The Labute approximate surface area is 202 Å². The third-order valence-electron chi connectivity index (χ3n) is 5.41. The number of rotatable bonds is 7. The van der Waals surface area contributed by atoms with E-state index >= 15 is 0 Å². The van der Waals surface area contributed by atoms with Crippen LogP contribution in [-0.2, 0) is 6.54 Å². The van der Waals surface area contributed by atoms with E-state index in [1.165, 1.54) is 11.3 Å². The summed E-state index contributed by atoms with van der Waals surface area (Å²) in [5.41, 5.74) is 4.99. The number of hydrogen-bond donors (Lipinski definition) is 2. The number of aromatic amines is 1. The minimum Gasteiger partial charge on any atom is -0.477 e. The Balaban J connectivity index is 1.52. The fraction of sp³-hybridized carbons (Fsp3) is 0.167. The van der Waals surface area contributed by atoms with E-state index in [0.717, 1.165) is 38.0 Å². The maximum atomic E-state index is 11.9. The first-order chi connectivity index (χ1) is 16.5. The van der Waals surface area contributed by atoms with E-state index < -0.39 is 11.7 Å². The lowest BCUT2D eigenvalue weighted by Crippen LogP contribution is -2.04. The maximum Gasteiger partial charge on any atom is 0.434 e. The Hall–Kier alpha value is -3.63. The molecule has 0 atom stereocenters. The van der Waals surface area contributed by atoms with Crippen LogP contribution in [0.1, 0.15) is 27.0 Å². The Kier molecular flexibility index (Phi) is 5.84. The molecule has 0 aliphatic rings. The number of nitrogens with zero attached hydrogens (tertiary/aromatic N) is 3. The SMILES string of the molecule is CCSc1nc2c(C)sc(C(=O)O)c2n1Cc1ccc(-c2ccccc2-c2n[nH]c(=O)o2)cc1. The van der Waals surface area contributed by atoms with Crippen molar-refractivity contribution in [2.45, 2.75) is 25.5 Å². The number of hydrogen-bond acceptors (Lipinski definition) is 7. The highest BCUT2D eigenvalue weighted by Crippen LogP contribution is 2.35. The van der Waals surface area contributed by atoms with Crippen molar-refractivity contribution in [3.63, 3.8) is 0 Å². The molecule has 0 fully saturated rings. The van der Waals surface area contributed by atoms with Crippen LogP contribution in [0.2, 0.25) is 0 Å². The molecule has 2 N–H and O–H groups in total. The second-order valence-corrected chi connectivity index (χ2v) is 10.0. The van der Waals surface area contributed by atoms with E-state index in [1.54, 1.807) is 11.8 Å². The molecule has 0 bridgehead atoms. The molecule has 0 saturated carbocycles. The molecule has 2 aromatic carbocycles. The largest absolute Gasteiger partial charge is 0.477 e. The smallest absolute Gasteiger partial charge is 0.434 e. The molecule has 3 aromatic heterocycles. The van der Waals surface area contributed by atoms with Crippen molar-refractivity contribution in [3.05, 3.63) is 74.4 Å². The Bertz CT molecular complexity index is 1560. The monoisotopic (exact) mass is 492 g/mol. The zero-order valence-electron chi connectivity index (χ0n) is 18.4. The number of carboxylic acids is 1. The average Bonchev–Trinajstić information content (AvgIpc) is 3.51. The minimum atomic E-state index is -0.936. The standard InChI is InChI=1S/C24H20N4O4S2/c1-3-33-23-25-18-13(2)34-20(22(29)30)19(18)28(23)12-14-8-10-15(11-9-14)16-6-4-5-7-17(16)21-26-27-24(31)32-21/h4-11H,3,12H2,1-2H3,(H,27,31)(H,29,30). The minimum absolute atomic E-state index is 0.237. The Morgan fingerprint density at radius 1 is 1.18 bits per heavy atom. The molecule has 0 unspecified atom stereocenters. The molecular weight excluding hydrogens is 472 g/mol. The van der Waals surface area contributed by atoms with Crippen molar-refractivity contribution >= 4 is 40.1 Å². The lowest BCUT2D eigenvalue weighted by atomic mass is 9.98. The molecule has 0 saturated heterocycles. The maximum absolute atomic E-state index is 11.9. The summed E-state index contributed by atoms with van der Waals surface area (Å²) in [7, 11) is 0. The van der Waals surface area contributed by atoms with Crippen molar-refractivity contribution in [2.24, 2.45) is 0 Å². The van der Waals surface area contributed by atoms with Crippen LogP contribution in [0, 0.1) is 6.92 Å². The van der Waals surface area contributed by atoms with Crippen LogP contribution in [-0.4, -0.2) is 36.6 Å². The van der Waals surface area contributed by atoms with Gasteiger partial charge in [-0.25, -0.2) is 19.7 Å². The fourth-order valence-corrected chi connectivity index (χ4v) is 5.59. The highest BCUT2D eigenvalue weighted by Gasteiger charge is 2.23. The van der Waals surface area contributed by atoms with Crippen molar-refractivity contribution < 1.29 is 14.3 Å². The lowest BCUT2D eigenvalue weighted by molar-refractivity contribution is 0.0703. The van der Waals surface area contributed by atoms with E-state index in [9.17, 15) is 14.7 Å². The summed E-state index contributed by atoms with van der Waals surface area (Å²) >= 11 is 2.86. The first-order valence-electron chi connectivity index (χ1n) is 10.6. The van der Waals surface area contributed by atoms with Gasteiger partial charge in [0.2, 0.25) is 5.89 Å². The zero-order chi connectivity index (χ0) is 23.8. The van der Waals surface area contributed by atoms with Gasteiger partial charge in [-0.3, -0.25) is 0 Å². The molecule has 3 heterocycles. The van der Waals surface area contributed by atoms with Gasteiger partial charge in [-0.15, -0.1) is 16.4 Å². The summed E-state index contributed by atoms with van der Waals surface area (Å²) in [6.07, 6.45) is 0. The summed E-state index contributed by atoms with van der Waals surface area (Å²) in [6.45, 7) is 4.46. The predicted molar refractivity (Wildman–Crippen MR) is 133 cm³/mol. The first kappa shape index (κ1) is 22.2. The molecule has 0 aliphatic carbocycles. The topological polar surface area (TPSA) is 114 Å². The second-order valence-electron chi connectivity index (χ2n) is 7.56. The summed E-state index contributed by atoms with van der Waals surface area (Å²) in [5.74, 6) is -0.462. The van der Waals surface area contributed by atoms with Crippen LogP contribution in [0.5, 0.6) is 0 Å². The third kappa shape index (κ3) is 3.95. The summed E-state index contributed by atoms with van der Waals surface area (Å²) in [5, 5.41) is 16.8. The molecule has 5 aromatic rings. The molecule has 5 rings (SSSR count). The van der Waals surface area contributed by atoms with Crippen LogP contribution >= 0.6 is 23.1 Å². The van der Waals surface area contributed by atoms with Gasteiger partial charge in [0.25, 0.3) is 0 Å². The van der Waals surface area contributed by atoms with Gasteiger partial charge >= 0.3 is 11.7 Å². The number of carbonyl (C=O) groups is 1. The first-order valence-corrected chi connectivity index (χ1v) is 12.4. The Morgan fingerprint density at radius 2 is 1.91 bits per heavy atom. The highest BCUT2D eigenvalue weighted by atomic mass is 32.2. The van der Waals surface area contributed by atoms with Gasteiger partial charge in [0, 0.05) is 10.4 Å². The van der Waals surface area contributed by atoms with Gasteiger partial charge in [0.1, 0.15) is 10.4 Å². The van der Waals surface area contributed by atoms with Gasteiger partial charge in [-0.05, 0) is 35.4 Å². The van der Waals surface area contributed by atoms with E-state index in [4.69, 9.17) is 9.40 Å². The Morgan fingerprint density at radius 3 is 2.56 bits per heavy atom. The predicted octanol–water partition coefficient (Wildman–Crippen LogP) is 5.28. The van der Waals surface area contributed by atoms with E-state index in [2.05, 4.69) is 17.1 Å². The number of nitrogens with one attached hydrogen (secondary N) is 1. The van der Waals surface area contributed by atoms with Gasteiger partial charge in [0.15, 0.2) is 5.16 Å². The van der Waals surface area contributed by atoms with Crippen LogP contribution in [0.3, 0.4) is 0 Å². The number of H-pyrrole nitrogens is 1. The number of aromatic carboxylic acids is 1. The van der Waals surface area contributed by atoms with E-state index in [-0.39, 0.29) is 5.89 Å². The molecule has 34 heavy (non-hydrogen) atoms. The number of aromatic nitrogens is 4.